The lowest BCUT2D eigenvalue weighted by atomic mass is 10.0. The first-order valence-corrected chi connectivity index (χ1v) is 11.6. The van der Waals surface area contributed by atoms with Crippen molar-refractivity contribution in [2.45, 2.75) is 64.4 Å². The number of hydrogen-bond acceptors (Lipinski definition) is 8. The summed E-state index contributed by atoms with van der Waals surface area (Å²) in [6.07, 6.45) is 7.01. The Kier molecular flexibility index (Phi) is 7.59. The van der Waals surface area contributed by atoms with Crippen LogP contribution in [0.15, 0.2) is 30.7 Å². The fourth-order valence-corrected chi connectivity index (χ4v) is 4.25. The summed E-state index contributed by atoms with van der Waals surface area (Å²) < 4.78 is 19.1. The van der Waals surface area contributed by atoms with Crippen LogP contribution >= 0.6 is 0 Å². The van der Waals surface area contributed by atoms with Crippen LogP contribution in [-0.4, -0.2) is 61.4 Å². The Balaban J connectivity index is 1.65. The summed E-state index contributed by atoms with van der Waals surface area (Å²) in [5, 5.41) is 25.9. The Bertz CT molecular complexity index is 1100. The van der Waals surface area contributed by atoms with Crippen LogP contribution in [0, 0.1) is 0 Å². The molecule has 1 aliphatic carbocycles. The first kappa shape index (κ1) is 23.9. The molecule has 0 radical (unpaired) electrons. The minimum absolute atomic E-state index is 0.0295. The second-order valence-electron chi connectivity index (χ2n) is 8.25. The van der Waals surface area contributed by atoms with Crippen molar-refractivity contribution in [2.24, 2.45) is 0 Å². The largest absolute Gasteiger partial charge is 0.478 e. The molecule has 34 heavy (non-hydrogen) atoms. The van der Waals surface area contributed by atoms with E-state index in [1.807, 2.05) is 13.8 Å². The molecule has 0 unspecified atom stereocenters. The zero-order chi connectivity index (χ0) is 24.1. The molecule has 0 spiro atoms. The summed E-state index contributed by atoms with van der Waals surface area (Å²) in [6, 6.07) is 3.38. The third-order valence-electron chi connectivity index (χ3n) is 5.81. The fourth-order valence-electron chi connectivity index (χ4n) is 4.25. The number of aromatic carboxylic acids is 1. The number of hydrogen-bond donors (Lipinski definition) is 2. The second-order valence-corrected chi connectivity index (χ2v) is 8.25. The van der Waals surface area contributed by atoms with Gasteiger partial charge in [0.2, 0.25) is 11.8 Å². The van der Waals surface area contributed by atoms with Crippen LogP contribution in [0.2, 0.25) is 0 Å². The summed E-state index contributed by atoms with van der Waals surface area (Å²) in [4.78, 5) is 19.9. The summed E-state index contributed by atoms with van der Waals surface area (Å²) in [5.41, 5.74) is 0.939. The van der Waals surface area contributed by atoms with Crippen LogP contribution in [0.3, 0.4) is 0 Å². The Labute approximate surface area is 197 Å². The number of carboxylic acids is 1. The van der Waals surface area contributed by atoms with Crippen LogP contribution in [0.25, 0.3) is 10.9 Å². The molecule has 1 saturated carbocycles. The van der Waals surface area contributed by atoms with E-state index in [0.29, 0.717) is 41.4 Å². The average Bonchev–Trinajstić information content (AvgIpc) is 3.47. The molecule has 2 N–H and O–H groups in total. The van der Waals surface area contributed by atoms with E-state index in [-0.39, 0.29) is 18.2 Å². The highest BCUT2D eigenvalue weighted by Crippen LogP contribution is 2.31. The average molecular weight is 471 g/mol. The van der Waals surface area contributed by atoms with Gasteiger partial charge < -0.3 is 24.4 Å². The number of aliphatic hydroxyl groups excluding tert-OH is 1. The predicted molar refractivity (Wildman–Crippen MR) is 123 cm³/mol. The fraction of sp³-hybridized carbons (Fsp3) is 0.500. The molecule has 10 heteroatoms. The number of ether oxygens (including phenoxy) is 3. The van der Waals surface area contributed by atoms with Crippen molar-refractivity contribution in [1.82, 2.24) is 19.7 Å². The van der Waals surface area contributed by atoms with Gasteiger partial charge in [0, 0.05) is 36.1 Å². The highest BCUT2D eigenvalue weighted by atomic mass is 16.5. The summed E-state index contributed by atoms with van der Waals surface area (Å²) in [7, 11) is 0. The van der Waals surface area contributed by atoms with Gasteiger partial charge >= 0.3 is 5.97 Å². The zero-order valence-electron chi connectivity index (χ0n) is 19.4. The molecule has 1 fully saturated rings. The van der Waals surface area contributed by atoms with Crippen molar-refractivity contribution in [2.75, 3.05) is 13.2 Å². The van der Waals surface area contributed by atoms with Gasteiger partial charge in [-0.25, -0.2) is 4.79 Å². The molecular weight excluding hydrogens is 440 g/mol. The van der Waals surface area contributed by atoms with Crippen LogP contribution in [0.1, 0.15) is 61.6 Å². The van der Waals surface area contributed by atoms with Crippen LogP contribution in [0.4, 0.5) is 0 Å². The lowest BCUT2D eigenvalue weighted by molar-refractivity contribution is -0.0845. The van der Waals surface area contributed by atoms with Gasteiger partial charge in [0.25, 0.3) is 0 Å². The SMILES string of the molecule is CCOc1cc([C@@H](O)[C@H](Cn2cc3cncc(C(=O)O)c3n2)OC2CCCC2)cc(OCC)n1. The van der Waals surface area contributed by atoms with Crippen LogP contribution in [0.5, 0.6) is 11.8 Å². The maximum absolute atomic E-state index is 11.6. The van der Waals surface area contributed by atoms with Crippen LogP contribution in [-0.2, 0) is 11.3 Å². The molecule has 1 aliphatic rings. The van der Waals surface area contributed by atoms with Crippen molar-refractivity contribution < 1.29 is 29.2 Å². The molecule has 10 nitrogen and oxygen atoms in total. The monoisotopic (exact) mass is 470 g/mol. The second kappa shape index (κ2) is 10.8. The molecule has 3 heterocycles. The van der Waals surface area contributed by atoms with Crippen molar-refractivity contribution in [3.05, 3.63) is 41.9 Å². The van der Waals surface area contributed by atoms with Gasteiger partial charge in [-0.15, -0.1) is 0 Å². The van der Waals surface area contributed by atoms with Crippen molar-refractivity contribution in [1.29, 1.82) is 0 Å². The Morgan fingerprint density at radius 2 is 1.82 bits per heavy atom. The van der Waals surface area contributed by atoms with E-state index in [1.54, 1.807) is 29.2 Å². The maximum Gasteiger partial charge on any atom is 0.339 e. The lowest BCUT2D eigenvalue weighted by Gasteiger charge is -2.27. The summed E-state index contributed by atoms with van der Waals surface area (Å²) in [5.74, 6) is -0.362. The van der Waals surface area contributed by atoms with E-state index >= 15 is 0 Å². The zero-order valence-corrected chi connectivity index (χ0v) is 19.4. The van der Waals surface area contributed by atoms with Gasteiger partial charge in [0.15, 0.2) is 0 Å². The minimum Gasteiger partial charge on any atom is -0.478 e. The van der Waals surface area contributed by atoms with Gasteiger partial charge in [-0.3, -0.25) is 9.67 Å². The Morgan fingerprint density at radius 3 is 2.44 bits per heavy atom. The van der Waals surface area contributed by atoms with Crippen molar-refractivity contribution >= 4 is 16.9 Å². The Hall–Kier alpha value is -3.24. The number of carbonyl (C=O) groups is 1. The number of carboxylic acid groups (broad SMARTS) is 1. The van der Waals surface area contributed by atoms with E-state index in [4.69, 9.17) is 14.2 Å². The van der Waals surface area contributed by atoms with Gasteiger partial charge in [-0.2, -0.15) is 10.1 Å². The number of aliphatic hydroxyl groups is 1. The quantitative estimate of drug-likeness (QED) is 0.433. The molecule has 0 saturated heterocycles. The minimum atomic E-state index is -1.09. The van der Waals surface area contributed by atoms with E-state index in [2.05, 4.69) is 15.1 Å². The van der Waals surface area contributed by atoms with Gasteiger partial charge in [0.1, 0.15) is 23.3 Å². The molecule has 3 aromatic heterocycles. The molecule has 0 aliphatic heterocycles. The number of aromatic nitrogens is 4. The number of fused-ring (bicyclic) bond motifs is 1. The number of nitrogens with zero attached hydrogens (tertiary/aromatic N) is 4. The summed E-state index contributed by atoms with van der Waals surface area (Å²) >= 11 is 0. The molecule has 2 atom stereocenters. The summed E-state index contributed by atoms with van der Waals surface area (Å²) in [6.45, 7) is 4.81. The maximum atomic E-state index is 11.6. The third kappa shape index (κ3) is 5.45. The molecule has 0 bridgehead atoms. The molecule has 0 amide bonds. The molecule has 182 valence electrons. The van der Waals surface area contributed by atoms with Gasteiger partial charge in [-0.1, -0.05) is 12.8 Å². The van der Waals surface area contributed by atoms with E-state index in [1.165, 1.54) is 6.20 Å². The smallest absolute Gasteiger partial charge is 0.339 e. The van der Waals surface area contributed by atoms with E-state index < -0.39 is 18.2 Å². The van der Waals surface area contributed by atoms with E-state index in [9.17, 15) is 15.0 Å². The number of pyridine rings is 2. The highest BCUT2D eigenvalue weighted by molar-refractivity contribution is 6.00. The van der Waals surface area contributed by atoms with Crippen molar-refractivity contribution in [3.8, 4) is 11.8 Å². The molecule has 4 rings (SSSR count). The highest BCUT2D eigenvalue weighted by Gasteiger charge is 2.29. The van der Waals surface area contributed by atoms with Crippen LogP contribution < -0.4 is 9.47 Å². The molecule has 3 aromatic rings. The molecule has 0 aromatic carbocycles. The molecular formula is C24H30N4O6. The number of rotatable bonds is 11. The first-order chi connectivity index (χ1) is 16.5. The standard InChI is InChI=1S/C24H30N4O6/c1-3-32-20-9-15(10-21(26-20)33-4-2)23(29)19(34-17-7-5-6-8-17)14-28-13-16-11-25-12-18(24(30)31)22(16)27-28/h9-13,17,19,23,29H,3-8,14H2,1-2H3,(H,30,31)/t19-,23+/m0/s1. The predicted octanol–water partition coefficient (Wildman–Crippen LogP) is 3.38. The van der Waals surface area contributed by atoms with Gasteiger partial charge in [0.05, 0.1) is 25.9 Å². The van der Waals surface area contributed by atoms with E-state index in [0.717, 1.165) is 25.7 Å². The topological polar surface area (TPSA) is 129 Å². The third-order valence-corrected chi connectivity index (χ3v) is 5.81. The normalized spacial score (nSPS) is 16.0. The van der Waals surface area contributed by atoms with Gasteiger partial charge in [-0.05, 0) is 32.3 Å². The Morgan fingerprint density at radius 1 is 1.15 bits per heavy atom. The first-order valence-electron chi connectivity index (χ1n) is 11.6. The lowest BCUT2D eigenvalue weighted by Crippen LogP contribution is -2.31. The van der Waals surface area contributed by atoms with Crippen molar-refractivity contribution in [3.63, 3.8) is 0 Å².